The molecule has 0 bridgehead atoms. The molecule has 3 aromatic rings. The van der Waals surface area contributed by atoms with E-state index in [4.69, 9.17) is 0 Å². The molecule has 1 heterocycles. The van der Waals surface area contributed by atoms with Crippen LogP contribution in [0.25, 0.3) is 11.0 Å². The number of aryl methyl sites for hydroxylation is 1. The molecule has 162 valence electrons. The van der Waals surface area contributed by atoms with E-state index in [1.807, 2.05) is 30.3 Å². The summed E-state index contributed by atoms with van der Waals surface area (Å²) in [5.74, 6) is -0.175. The molecule has 2 aliphatic carbocycles. The van der Waals surface area contributed by atoms with Gasteiger partial charge in [-0.3, -0.25) is 4.79 Å². The number of hydrogen-bond donors (Lipinski definition) is 2. The summed E-state index contributed by atoms with van der Waals surface area (Å²) < 4.78 is 30.1. The Labute approximate surface area is 181 Å². The SMILES string of the molecule is O=C(Cn1nnc2ccccc21)N[C@@H]1CCc2ccc(S(=O)(=O)NC3CCCC3)cc21. The van der Waals surface area contributed by atoms with Crippen LogP contribution in [0.1, 0.15) is 49.3 Å². The molecule has 1 saturated carbocycles. The number of aromatic nitrogens is 3. The molecule has 31 heavy (non-hydrogen) atoms. The van der Waals surface area contributed by atoms with Gasteiger partial charge in [0, 0.05) is 6.04 Å². The lowest BCUT2D eigenvalue weighted by atomic mass is 10.1. The number of nitrogens with one attached hydrogen (secondary N) is 2. The smallest absolute Gasteiger partial charge is 0.242 e. The Balaban J connectivity index is 1.31. The number of hydrogen-bond acceptors (Lipinski definition) is 5. The van der Waals surface area contributed by atoms with Crippen molar-refractivity contribution < 1.29 is 13.2 Å². The van der Waals surface area contributed by atoms with Crippen LogP contribution in [0.5, 0.6) is 0 Å². The summed E-state index contributed by atoms with van der Waals surface area (Å²) in [6, 6.07) is 12.6. The first kappa shape index (κ1) is 20.1. The van der Waals surface area contributed by atoms with Crippen LogP contribution in [-0.4, -0.2) is 35.4 Å². The Bertz CT molecular complexity index is 1230. The van der Waals surface area contributed by atoms with E-state index in [1.165, 1.54) is 0 Å². The maximum absolute atomic E-state index is 12.8. The molecule has 0 spiro atoms. The number of amides is 1. The van der Waals surface area contributed by atoms with Crippen molar-refractivity contribution >= 4 is 27.0 Å². The van der Waals surface area contributed by atoms with E-state index >= 15 is 0 Å². The molecule has 1 atom stereocenters. The van der Waals surface area contributed by atoms with Gasteiger partial charge in [0.25, 0.3) is 0 Å². The third kappa shape index (κ3) is 4.07. The van der Waals surface area contributed by atoms with Crippen LogP contribution in [-0.2, 0) is 27.8 Å². The minimum Gasteiger partial charge on any atom is -0.348 e. The summed E-state index contributed by atoms with van der Waals surface area (Å²) in [5.41, 5.74) is 3.50. The molecule has 8 nitrogen and oxygen atoms in total. The summed E-state index contributed by atoms with van der Waals surface area (Å²) in [4.78, 5) is 13.0. The second kappa shape index (κ2) is 8.05. The van der Waals surface area contributed by atoms with Gasteiger partial charge in [0.2, 0.25) is 15.9 Å². The fourth-order valence-corrected chi connectivity index (χ4v) is 5.98. The minimum atomic E-state index is -3.57. The first-order valence-electron chi connectivity index (χ1n) is 10.7. The Hall–Kier alpha value is -2.78. The number of carbonyl (C=O) groups excluding carboxylic acids is 1. The highest BCUT2D eigenvalue weighted by molar-refractivity contribution is 7.89. The number of rotatable bonds is 6. The van der Waals surface area contributed by atoms with E-state index in [2.05, 4.69) is 20.4 Å². The summed E-state index contributed by atoms with van der Waals surface area (Å²) >= 11 is 0. The second-order valence-electron chi connectivity index (χ2n) is 8.36. The van der Waals surface area contributed by atoms with Gasteiger partial charge in [-0.25, -0.2) is 17.8 Å². The molecular weight excluding hydrogens is 414 g/mol. The third-order valence-corrected chi connectivity index (χ3v) is 7.75. The summed E-state index contributed by atoms with van der Waals surface area (Å²) in [6.45, 7) is 0.0631. The quantitative estimate of drug-likeness (QED) is 0.614. The van der Waals surface area contributed by atoms with Gasteiger partial charge < -0.3 is 5.32 Å². The monoisotopic (exact) mass is 439 g/mol. The minimum absolute atomic E-state index is 0.0197. The Morgan fingerprint density at radius 1 is 1.10 bits per heavy atom. The lowest BCUT2D eigenvalue weighted by Crippen LogP contribution is -2.33. The molecule has 5 rings (SSSR count). The average Bonchev–Trinajstić information content (AvgIpc) is 3.49. The van der Waals surface area contributed by atoms with E-state index < -0.39 is 10.0 Å². The summed E-state index contributed by atoms with van der Waals surface area (Å²) in [7, 11) is -3.57. The fraction of sp³-hybridized carbons (Fsp3) is 0.409. The second-order valence-corrected chi connectivity index (χ2v) is 10.1. The molecule has 2 N–H and O–H groups in total. The molecule has 1 amide bonds. The molecule has 2 aliphatic rings. The molecule has 1 aromatic heterocycles. The molecule has 0 saturated heterocycles. The van der Waals surface area contributed by atoms with Crippen molar-refractivity contribution in [1.82, 2.24) is 25.0 Å². The van der Waals surface area contributed by atoms with Crippen molar-refractivity contribution in [2.75, 3.05) is 0 Å². The lowest BCUT2D eigenvalue weighted by molar-refractivity contribution is -0.122. The molecule has 0 radical (unpaired) electrons. The average molecular weight is 440 g/mol. The first-order valence-corrected chi connectivity index (χ1v) is 12.2. The molecular formula is C22H25N5O3S. The maximum atomic E-state index is 12.8. The van der Waals surface area contributed by atoms with Crippen molar-refractivity contribution in [2.45, 2.75) is 62.0 Å². The van der Waals surface area contributed by atoms with Gasteiger partial charge in [0.1, 0.15) is 12.1 Å². The van der Waals surface area contributed by atoms with Crippen LogP contribution in [0.3, 0.4) is 0 Å². The fourth-order valence-electron chi connectivity index (χ4n) is 4.64. The number of nitrogens with zero attached hydrogens (tertiary/aromatic N) is 3. The predicted octanol–water partition coefficient (Wildman–Crippen LogP) is 2.46. The van der Waals surface area contributed by atoms with Gasteiger partial charge in [0.05, 0.1) is 16.5 Å². The summed E-state index contributed by atoms with van der Waals surface area (Å²) in [6.07, 6.45) is 5.46. The van der Waals surface area contributed by atoms with Crippen molar-refractivity contribution in [3.05, 3.63) is 53.6 Å². The third-order valence-electron chi connectivity index (χ3n) is 6.23. The van der Waals surface area contributed by atoms with Gasteiger partial charge in [0.15, 0.2) is 0 Å². The number of carbonyl (C=O) groups is 1. The van der Waals surface area contributed by atoms with Gasteiger partial charge in [-0.05, 0) is 61.1 Å². The highest BCUT2D eigenvalue weighted by atomic mass is 32.2. The van der Waals surface area contributed by atoms with E-state index in [9.17, 15) is 13.2 Å². The number of benzene rings is 2. The van der Waals surface area contributed by atoms with E-state index in [1.54, 1.807) is 16.8 Å². The van der Waals surface area contributed by atoms with Crippen molar-refractivity contribution in [2.24, 2.45) is 0 Å². The highest BCUT2D eigenvalue weighted by Crippen LogP contribution is 2.33. The van der Waals surface area contributed by atoms with Crippen LogP contribution >= 0.6 is 0 Å². The highest BCUT2D eigenvalue weighted by Gasteiger charge is 2.28. The van der Waals surface area contributed by atoms with Crippen molar-refractivity contribution in [3.63, 3.8) is 0 Å². The van der Waals surface area contributed by atoms with Gasteiger partial charge in [-0.15, -0.1) is 5.10 Å². The number of fused-ring (bicyclic) bond motifs is 2. The molecule has 1 fully saturated rings. The van der Waals surface area contributed by atoms with Crippen LogP contribution in [0, 0.1) is 0 Å². The number of sulfonamides is 1. The Morgan fingerprint density at radius 3 is 2.74 bits per heavy atom. The Morgan fingerprint density at radius 2 is 1.90 bits per heavy atom. The molecule has 9 heteroatoms. The molecule has 0 aliphatic heterocycles. The zero-order chi connectivity index (χ0) is 21.4. The van der Waals surface area contributed by atoms with Gasteiger partial charge >= 0.3 is 0 Å². The lowest BCUT2D eigenvalue weighted by Gasteiger charge is -2.17. The standard InChI is InChI=1S/C22H25N5O3S/c28-22(14-27-21-8-4-3-7-20(21)24-26-27)23-19-12-10-15-9-11-17(13-18(15)19)31(29,30)25-16-5-1-2-6-16/h3-4,7-9,11,13,16,19,25H,1-2,5-6,10,12,14H2,(H,23,28)/t19-/m1/s1. The van der Waals surface area contributed by atoms with Crippen LogP contribution in [0.4, 0.5) is 0 Å². The summed E-state index contributed by atoms with van der Waals surface area (Å²) in [5, 5.41) is 11.2. The predicted molar refractivity (Wildman–Crippen MR) is 116 cm³/mol. The maximum Gasteiger partial charge on any atom is 0.242 e. The van der Waals surface area contributed by atoms with Crippen LogP contribution < -0.4 is 10.0 Å². The Kier molecular flexibility index (Phi) is 5.23. The first-order chi connectivity index (χ1) is 15.0. The topological polar surface area (TPSA) is 106 Å². The van der Waals surface area contributed by atoms with Gasteiger partial charge in [-0.2, -0.15) is 0 Å². The van der Waals surface area contributed by atoms with Crippen molar-refractivity contribution in [3.8, 4) is 0 Å². The van der Waals surface area contributed by atoms with E-state index in [-0.39, 0.29) is 29.4 Å². The number of para-hydroxylation sites is 1. The van der Waals surface area contributed by atoms with E-state index in [0.717, 1.165) is 60.7 Å². The molecule has 2 aromatic carbocycles. The zero-order valence-corrected chi connectivity index (χ0v) is 17.9. The van der Waals surface area contributed by atoms with Crippen LogP contribution in [0.2, 0.25) is 0 Å². The van der Waals surface area contributed by atoms with Crippen molar-refractivity contribution in [1.29, 1.82) is 0 Å². The van der Waals surface area contributed by atoms with Crippen LogP contribution in [0.15, 0.2) is 47.4 Å². The molecule has 0 unspecified atom stereocenters. The zero-order valence-electron chi connectivity index (χ0n) is 17.1. The van der Waals surface area contributed by atoms with E-state index in [0.29, 0.717) is 0 Å². The van der Waals surface area contributed by atoms with Gasteiger partial charge in [-0.1, -0.05) is 36.3 Å². The largest absolute Gasteiger partial charge is 0.348 e. The normalized spacial score (nSPS) is 19.0.